The number of pyridine rings is 1. The van der Waals surface area contributed by atoms with E-state index in [1.54, 1.807) is 17.8 Å². The topological polar surface area (TPSA) is 50.2 Å². The summed E-state index contributed by atoms with van der Waals surface area (Å²) >= 11 is 1.78. The first-order valence-corrected chi connectivity index (χ1v) is 6.62. The molecule has 2 aromatic rings. The highest BCUT2D eigenvalue weighted by Gasteiger charge is 2.06. The SMILES string of the molecule is CCSc1ccc(-c2ccnc(C(=O)O)c2)cc1. The summed E-state index contributed by atoms with van der Waals surface area (Å²) in [5.74, 6) is 0.0348. The second-order valence-electron chi connectivity index (χ2n) is 3.69. The summed E-state index contributed by atoms with van der Waals surface area (Å²) < 4.78 is 0. The van der Waals surface area contributed by atoms with Crippen LogP contribution in [0.15, 0.2) is 47.5 Å². The summed E-state index contributed by atoms with van der Waals surface area (Å²) in [5.41, 5.74) is 1.94. The lowest BCUT2D eigenvalue weighted by Gasteiger charge is -2.04. The quantitative estimate of drug-likeness (QED) is 0.853. The molecule has 0 amide bonds. The van der Waals surface area contributed by atoms with Crippen molar-refractivity contribution < 1.29 is 9.90 Å². The van der Waals surface area contributed by atoms with Crippen LogP contribution in [0.5, 0.6) is 0 Å². The van der Waals surface area contributed by atoms with E-state index >= 15 is 0 Å². The van der Waals surface area contributed by atoms with Crippen molar-refractivity contribution in [3.05, 3.63) is 48.3 Å². The molecule has 92 valence electrons. The van der Waals surface area contributed by atoms with Crippen molar-refractivity contribution >= 4 is 17.7 Å². The van der Waals surface area contributed by atoms with Crippen molar-refractivity contribution in [3.8, 4) is 11.1 Å². The summed E-state index contributed by atoms with van der Waals surface area (Å²) in [4.78, 5) is 15.9. The number of hydrogen-bond acceptors (Lipinski definition) is 3. The zero-order valence-electron chi connectivity index (χ0n) is 9.96. The highest BCUT2D eigenvalue weighted by molar-refractivity contribution is 7.99. The minimum absolute atomic E-state index is 0.0690. The van der Waals surface area contributed by atoms with Crippen molar-refractivity contribution in [1.82, 2.24) is 4.98 Å². The Kier molecular flexibility index (Phi) is 3.99. The number of nitrogens with zero attached hydrogens (tertiary/aromatic N) is 1. The predicted octanol–water partition coefficient (Wildman–Crippen LogP) is 3.56. The molecule has 0 unspecified atom stereocenters. The van der Waals surface area contributed by atoms with E-state index in [0.717, 1.165) is 16.9 Å². The zero-order valence-corrected chi connectivity index (χ0v) is 10.8. The minimum Gasteiger partial charge on any atom is -0.477 e. The highest BCUT2D eigenvalue weighted by atomic mass is 32.2. The van der Waals surface area contributed by atoms with E-state index in [9.17, 15) is 4.79 Å². The molecule has 1 aromatic carbocycles. The van der Waals surface area contributed by atoms with Crippen molar-refractivity contribution in [2.75, 3.05) is 5.75 Å². The molecule has 0 radical (unpaired) electrons. The Morgan fingerprint density at radius 1 is 1.22 bits per heavy atom. The predicted molar refractivity (Wildman–Crippen MR) is 73.0 cm³/mol. The van der Waals surface area contributed by atoms with Gasteiger partial charge in [0.25, 0.3) is 0 Å². The molecule has 3 nitrogen and oxygen atoms in total. The first-order valence-electron chi connectivity index (χ1n) is 5.63. The first kappa shape index (κ1) is 12.6. The number of aromatic nitrogens is 1. The fraction of sp³-hybridized carbons (Fsp3) is 0.143. The molecule has 4 heteroatoms. The van der Waals surface area contributed by atoms with Gasteiger partial charge in [0, 0.05) is 11.1 Å². The van der Waals surface area contributed by atoms with Crippen LogP contribution in [0.2, 0.25) is 0 Å². The van der Waals surface area contributed by atoms with E-state index in [-0.39, 0.29) is 5.69 Å². The van der Waals surface area contributed by atoms with E-state index in [1.165, 1.54) is 11.1 Å². The van der Waals surface area contributed by atoms with Crippen LogP contribution >= 0.6 is 11.8 Å². The monoisotopic (exact) mass is 259 g/mol. The fourth-order valence-electron chi connectivity index (χ4n) is 1.64. The average Bonchev–Trinajstić information content (AvgIpc) is 2.40. The summed E-state index contributed by atoms with van der Waals surface area (Å²) in [6, 6.07) is 11.5. The van der Waals surface area contributed by atoms with Crippen molar-refractivity contribution in [2.24, 2.45) is 0 Å². The van der Waals surface area contributed by atoms with Gasteiger partial charge in [-0.3, -0.25) is 0 Å². The molecule has 0 atom stereocenters. The van der Waals surface area contributed by atoms with Crippen LogP contribution in [0.3, 0.4) is 0 Å². The molecule has 2 rings (SSSR count). The van der Waals surface area contributed by atoms with Crippen molar-refractivity contribution in [1.29, 1.82) is 0 Å². The molecule has 0 saturated carbocycles. The Morgan fingerprint density at radius 3 is 2.56 bits per heavy atom. The third-order valence-electron chi connectivity index (χ3n) is 2.48. The molecule has 1 heterocycles. The smallest absolute Gasteiger partial charge is 0.354 e. The molecule has 1 N–H and O–H groups in total. The van der Waals surface area contributed by atoms with Crippen molar-refractivity contribution in [3.63, 3.8) is 0 Å². The first-order chi connectivity index (χ1) is 8.70. The Labute approximate surface area is 110 Å². The summed E-state index contributed by atoms with van der Waals surface area (Å²) in [7, 11) is 0. The fourth-order valence-corrected chi connectivity index (χ4v) is 2.30. The van der Waals surface area contributed by atoms with Gasteiger partial charge in [-0.15, -0.1) is 11.8 Å². The molecule has 0 spiro atoms. The van der Waals surface area contributed by atoms with Crippen molar-refractivity contribution in [2.45, 2.75) is 11.8 Å². The number of rotatable bonds is 4. The Bertz CT molecular complexity index is 552. The number of carboxylic acids is 1. The number of aromatic carboxylic acids is 1. The van der Waals surface area contributed by atoms with Gasteiger partial charge in [-0.2, -0.15) is 0 Å². The lowest BCUT2D eigenvalue weighted by atomic mass is 10.1. The van der Waals surface area contributed by atoms with E-state index in [1.807, 2.05) is 30.3 Å². The molecule has 0 aliphatic carbocycles. The molecule has 0 saturated heterocycles. The van der Waals surface area contributed by atoms with Gasteiger partial charge in [-0.25, -0.2) is 9.78 Å². The number of benzene rings is 1. The molecule has 1 aromatic heterocycles. The third kappa shape index (κ3) is 2.90. The van der Waals surface area contributed by atoms with E-state index in [0.29, 0.717) is 0 Å². The maximum absolute atomic E-state index is 10.9. The third-order valence-corrected chi connectivity index (χ3v) is 3.37. The molecule has 0 fully saturated rings. The van der Waals surface area contributed by atoms with Crippen LogP contribution in [0.1, 0.15) is 17.4 Å². The van der Waals surface area contributed by atoms with Crippen LogP contribution in [0.4, 0.5) is 0 Å². The summed E-state index contributed by atoms with van der Waals surface area (Å²) in [5, 5.41) is 8.90. The second kappa shape index (κ2) is 5.69. The molecule has 0 aliphatic heterocycles. The largest absolute Gasteiger partial charge is 0.477 e. The lowest BCUT2D eigenvalue weighted by molar-refractivity contribution is 0.0690. The van der Waals surface area contributed by atoms with Gasteiger partial charge in [-0.05, 0) is 41.1 Å². The van der Waals surface area contributed by atoms with Crippen LogP contribution in [-0.2, 0) is 0 Å². The Hall–Kier alpha value is -1.81. The highest BCUT2D eigenvalue weighted by Crippen LogP contribution is 2.24. The maximum atomic E-state index is 10.9. The van der Waals surface area contributed by atoms with Gasteiger partial charge in [0.2, 0.25) is 0 Å². The number of carbonyl (C=O) groups is 1. The molecular weight excluding hydrogens is 246 g/mol. The number of carboxylic acid groups (broad SMARTS) is 1. The van der Waals surface area contributed by atoms with Gasteiger partial charge < -0.3 is 5.11 Å². The average molecular weight is 259 g/mol. The van der Waals surface area contributed by atoms with Gasteiger partial charge >= 0.3 is 5.97 Å². The van der Waals surface area contributed by atoms with Crippen LogP contribution in [0.25, 0.3) is 11.1 Å². The molecular formula is C14H13NO2S. The zero-order chi connectivity index (χ0) is 13.0. The Balaban J connectivity index is 2.30. The normalized spacial score (nSPS) is 10.3. The molecule has 0 aliphatic rings. The lowest BCUT2D eigenvalue weighted by Crippen LogP contribution is -1.99. The van der Waals surface area contributed by atoms with Crippen LogP contribution in [-0.4, -0.2) is 21.8 Å². The maximum Gasteiger partial charge on any atom is 0.354 e. The molecule has 0 bridgehead atoms. The number of thioether (sulfide) groups is 1. The van der Waals surface area contributed by atoms with Gasteiger partial charge in [0.1, 0.15) is 5.69 Å². The van der Waals surface area contributed by atoms with E-state index in [2.05, 4.69) is 11.9 Å². The van der Waals surface area contributed by atoms with Crippen LogP contribution in [0, 0.1) is 0 Å². The standard InChI is InChI=1S/C14H13NO2S/c1-2-18-12-5-3-10(4-6-12)11-7-8-15-13(9-11)14(16)17/h3-9H,2H2,1H3,(H,16,17). The summed E-state index contributed by atoms with van der Waals surface area (Å²) in [6.45, 7) is 2.11. The second-order valence-corrected chi connectivity index (χ2v) is 5.03. The Morgan fingerprint density at radius 2 is 1.94 bits per heavy atom. The minimum atomic E-state index is -1.00. The van der Waals surface area contributed by atoms with Gasteiger partial charge in [0.05, 0.1) is 0 Å². The van der Waals surface area contributed by atoms with Gasteiger partial charge in [-0.1, -0.05) is 19.1 Å². The van der Waals surface area contributed by atoms with Gasteiger partial charge in [0.15, 0.2) is 0 Å². The summed E-state index contributed by atoms with van der Waals surface area (Å²) in [6.07, 6.45) is 1.52. The number of hydrogen-bond donors (Lipinski definition) is 1. The van der Waals surface area contributed by atoms with E-state index in [4.69, 9.17) is 5.11 Å². The molecule has 18 heavy (non-hydrogen) atoms. The van der Waals surface area contributed by atoms with E-state index < -0.39 is 5.97 Å². The van der Waals surface area contributed by atoms with Crippen LogP contribution < -0.4 is 0 Å².